The molecule has 0 fully saturated rings. The summed E-state index contributed by atoms with van der Waals surface area (Å²) in [4.78, 5) is 16.7. The Morgan fingerprint density at radius 1 is 1.14 bits per heavy atom. The molecule has 3 aromatic rings. The Hall–Kier alpha value is -3.48. The molecule has 7 heteroatoms. The van der Waals surface area contributed by atoms with Crippen LogP contribution in [0.1, 0.15) is 5.56 Å². The van der Waals surface area contributed by atoms with Crippen LogP contribution >= 0.6 is 0 Å². The maximum absolute atomic E-state index is 12.7. The lowest BCUT2D eigenvalue weighted by atomic mass is 10.0. The molecule has 0 saturated heterocycles. The summed E-state index contributed by atoms with van der Waals surface area (Å²) in [6.45, 7) is 0.172. The van der Waals surface area contributed by atoms with E-state index < -0.39 is 6.10 Å². The van der Waals surface area contributed by atoms with Gasteiger partial charge >= 0.3 is 0 Å². The number of carbonyl (C=O) groups is 1. The van der Waals surface area contributed by atoms with Crippen LogP contribution in [0.25, 0.3) is 11.3 Å². The molecule has 2 heterocycles. The fraction of sp³-hybridized carbons (Fsp3) is 0.238. The van der Waals surface area contributed by atoms with Gasteiger partial charge < -0.3 is 23.4 Å². The van der Waals surface area contributed by atoms with Gasteiger partial charge in [0.15, 0.2) is 35.5 Å². The standard InChI is InChI=1S/C21H19NO6/c1-24-14-4-6-17-19(9-14)28-21(11-26-17)16(23)7-13-3-5-15(18(8-13)25-2)20-10-22-12-27-20/h3-6,8-10,12,21H,7,11H2,1-2H3. The average molecular weight is 381 g/mol. The summed E-state index contributed by atoms with van der Waals surface area (Å²) in [5, 5.41) is 0. The van der Waals surface area contributed by atoms with Gasteiger partial charge in [-0.3, -0.25) is 4.79 Å². The highest BCUT2D eigenvalue weighted by Gasteiger charge is 2.28. The Balaban J connectivity index is 1.49. The average Bonchev–Trinajstić information content (AvgIpc) is 3.27. The zero-order chi connectivity index (χ0) is 19.5. The van der Waals surface area contributed by atoms with Gasteiger partial charge in [-0.25, -0.2) is 4.98 Å². The van der Waals surface area contributed by atoms with Crippen LogP contribution in [0.15, 0.2) is 53.4 Å². The van der Waals surface area contributed by atoms with Crippen molar-refractivity contribution in [1.29, 1.82) is 0 Å². The monoisotopic (exact) mass is 381 g/mol. The van der Waals surface area contributed by atoms with Crippen LogP contribution in [0.2, 0.25) is 0 Å². The van der Waals surface area contributed by atoms with Crippen molar-refractivity contribution in [3.05, 3.63) is 54.6 Å². The molecule has 0 N–H and O–H groups in total. The molecule has 0 radical (unpaired) electrons. The Kier molecular flexibility index (Phi) is 4.89. The number of oxazole rings is 1. The SMILES string of the molecule is COc1ccc2c(c1)OC(C(=O)Cc1ccc(-c3cnco3)c(OC)c1)CO2. The van der Waals surface area contributed by atoms with Gasteiger partial charge in [0.1, 0.15) is 18.1 Å². The highest BCUT2D eigenvalue weighted by atomic mass is 16.6. The number of benzene rings is 2. The van der Waals surface area contributed by atoms with E-state index in [2.05, 4.69) is 4.98 Å². The van der Waals surface area contributed by atoms with Gasteiger partial charge in [0.2, 0.25) is 0 Å². The molecule has 7 nitrogen and oxygen atoms in total. The van der Waals surface area contributed by atoms with E-state index in [-0.39, 0.29) is 18.8 Å². The van der Waals surface area contributed by atoms with Crippen LogP contribution in [0.3, 0.4) is 0 Å². The first-order valence-electron chi connectivity index (χ1n) is 8.74. The van der Waals surface area contributed by atoms with Gasteiger partial charge in [-0.1, -0.05) is 6.07 Å². The molecule has 1 unspecified atom stereocenters. The zero-order valence-corrected chi connectivity index (χ0v) is 15.5. The lowest BCUT2D eigenvalue weighted by Crippen LogP contribution is -2.37. The van der Waals surface area contributed by atoms with Crippen molar-refractivity contribution >= 4 is 5.78 Å². The normalized spacial score (nSPS) is 15.1. The first-order chi connectivity index (χ1) is 13.7. The molecule has 4 rings (SSSR count). The van der Waals surface area contributed by atoms with Crippen molar-refractivity contribution in [2.45, 2.75) is 12.5 Å². The van der Waals surface area contributed by atoms with Crippen LogP contribution in [-0.2, 0) is 11.2 Å². The fourth-order valence-corrected chi connectivity index (χ4v) is 3.05. The van der Waals surface area contributed by atoms with Crippen molar-refractivity contribution in [3.8, 4) is 34.3 Å². The fourth-order valence-electron chi connectivity index (χ4n) is 3.05. The molecule has 2 aromatic carbocycles. The number of rotatable bonds is 6. The minimum Gasteiger partial charge on any atom is -0.497 e. The summed E-state index contributed by atoms with van der Waals surface area (Å²) >= 11 is 0. The van der Waals surface area contributed by atoms with E-state index in [0.29, 0.717) is 28.8 Å². The van der Waals surface area contributed by atoms with Crippen LogP contribution < -0.4 is 18.9 Å². The zero-order valence-electron chi connectivity index (χ0n) is 15.5. The van der Waals surface area contributed by atoms with Crippen molar-refractivity contribution in [2.24, 2.45) is 0 Å². The molecule has 1 aliphatic heterocycles. The van der Waals surface area contributed by atoms with Crippen molar-refractivity contribution < 1.29 is 28.2 Å². The second-order valence-electron chi connectivity index (χ2n) is 6.27. The number of fused-ring (bicyclic) bond motifs is 1. The molecule has 0 spiro atoms. The molecule has 1 aromatic heterocycles. The Labute approximate surface area is 161 Å². The summed E-state index contributed by atoms with van der Waals surface area (Å²) in [5.74, 6) is 2.87. The molecular formula is C21H19NO6. The number of methoxy groups -OCH3 is 2. The Morgan fingerprint density at radius 3 is 2.79 bits per heavy atom. The second kappa shape index (κ2) is 7.64. The minimum absolute atomic E-state index is 0.0806. The highest BCUT2D eigenvalue weighted by Crippen LogP contribution is 2.35. The predicted octanol–water partition coefficient (Wildman–Crippen LogP) is 3.31. The predicted molar refractivity (Wildman–Crippen MR) is 100 cm³/mol. The third-order valence-corrected chi connectivity index (χ3v) is 4.51. The molecule has 144 valence electrons. The molecule has 1 atom stereocenters. The van der Waals surface area contributed by atoms with Gasteiger partial charge in [0.25, 0.3) is 0 Å². The smallest absolute Gasteiger partial charge is 0.191 e. The third kappa shape index (κ3) is 3.51. The molecule has 1 aliphatic rings. The maximum Gasteiger partial charge on any atom is 0.191 e. The van der Waals surface area contributed by atoms with E-state index in [0.717, 1.165) is 11.1 Å². The van der Waals surface area contributed by atoms with Crippen molar-refractivity contribution in [1.82, 2.24) is 4.98 Å². The topological polar surface area (TPSA) is 80.0 Å². The molecule has 0 amide bonds. The molecular weight excluding hydrogens is 362 g/mol. The van der Waals surface area contributed by atoms with Crippen molar-refractivity contribution in [2.75, 3.05) is 20.8 Å². The second-order valence-corrected chi connectivity index (χ2v) is 6.27. The van der Waals surface area contributed by atoms with E-state index in [1.165, 1.54) is 6.39 Å². The van der Waals surface area contributed by atoms with Gasteiger partial charge in [-0.15, -0.1) is 0 Å². The summed E-state index contributed by atoms with van der Waals surface area (Å²) in [7, 11) is 3.15. The van der Waals surface area contributed by atoms with E-state index in [1.807, 2.05) is 18.2 Å². The lowest BCUT2D eigenvalue weighted by Gasteiger charge is -2.26. The van der Waals surface area contributed by atoms with Crippen LogP contribution in [0.5, 0.6) is 23.0 Å². The van der Waals surface area contributed by atoms with Crippen LogP contribution in [0.4, 0.5) is 0 Å². The van der Waals surface area contributed by atoms with Crippen LogP contribution in [-0.4, -0.2) is 37.7 Å². The van der Waals surface area contributed by atoms with E-state index in [9.17, 15) is 4.79 Å². The van der Waals surface area contributed by atoms with E-state index >= 15 is 0 Å². The molecule has 0 bridgehead atoms. The third-order valence-electron chi connectivity index (χ3n) is 4.51. The number of aromatic nitrogens is 1. The molecule has 0 aliphatic carbocycles. The first-order valence-corrected chi connectivity index (χ1v) is 8.74. The van der Waals surface area contributed by atoms with Crippen molar-refractivity contribution in [3.63, 3.8) is 0 Å². The molecule has 0 saturated carbocycles. The largest absolute Gasteiger partial charge is 0.497 e. The number of ketones is 1. The summed E-state index contributed by atoms with van der Waals surface area (Å²) < 4.78 is 27.5. The van der Waals surface area contributed by atoms with Gasteiger partial charge in [0.05, 0.1) is 26.0 Å². The Morgan fingerprint density at radius 2 is 2.04 bits per heavy atom. The van der Waals surface area contributed by atoms with Gasteiger partial charge in [-0.05, 0) is 29.8 Å². The van der Waals surface area contributed by atoms with E-state index in [1.54, 1.807) is 38.6 Å². The highest BCUT2D eigenvalue weighted by molar-refractivity contribution is 5.86. The summed E-state index contributed by atoms with van der Waals surface area (Å²) in [6.07, 6.45) is 2.49. The maximum atomic E-state index is 12.7. The van der Waals surface area contributed by atoms with E-state index in [4.69, 9.17) is 23.4 Å². The Bertz CT molecular complexity index is 983. The quantitative estimate of drug-likeness (QED) is 0.648. The summed E-state index contributed by atoms with van der Waals surface area (Å²) in [5.41, 5.74) is 1.58. The molecule has 28 heavy (non-hydrogen) atoms. The number of ether oxygens (including phenoxy) is 4. The van der Waals surface area contributed by atoms with Gasteiger partial charge in [-0.2, -0.15) is 0 Å². The summed E-state index contributed by atoms with van der Waals surface area (Å²) in [6, 6.07) is 10.8. The number of hydrogen-bond acceptors (Lipinski definition) is 7. The lowest BCUT2D eigenvalue weighted by molar-refractivity contribution is -0.127. The van der Waals surface area contributed by atoms with Crippen LogP contribution in [0, 0.1) is 0 Å². The number of Topliss-reactive ketones (excluding diaryl/α,β-unsaturated/α-hetero) is 1. The first kappa shape index (κ1) is 17.9. The minimum atomic E-state index is -0.681. The number of carbonyl (C=O) groups excluding carboxylic acids is 1. The van der Waals surface area contributed by atoms with Gasteiger partial charge in [0, 0.05) is 12.5 Å². The number of hydrogen-bond donors (Lipinski definition) is 0. The number of nitrogens with zero attached hydrogens (tertiary/aromatic N) is 1.